The molecule has 142 valence electrons. The Balaban J connectivity index is 2.02. The van der Waals surface area contributed by atoms with Crippen LogP contribution in [0.15, 0.2) is 12.1 Å². The third-order valence-corrected chi connectivity index (χ3v) is 5.19. The Labute approximate surface area is 160 Å². The van der Waals surface area contributed by atoms with Crippen LogP contribution in [0, 0.1) is 20.8 Å². The number of hydrogen-bond acceptors (Lipinski definition) is 4. The van der Waals surface area contributed by atoms with Crippen molar-refractivity contribution in [2.24, 2.45) is 0 Å². The first-order valence-electron chi connectivity index (χ1n) is 9.22. The van der Waals surface area contributed by atoms with Crippen LogP contribution in [0.25, 0.3) is 11.1 Å². The molecule has 1 aromatic carbocycles. The molecule has 2 heterocycles. The monoisotopic (exact) mass is 377 g/mol. The van der Waals surface area contributed by atoms with E-state index in [1.807, 2.05) is 23.7 Å². The summed E-state index contributed by atoms with van der Waals surface area (Å²) < 4.78 is 13.7. The number of nitrogens with zero attached hydrogens (tertiary/aromatic N) is 2. The largest absolute Gasteiger partial charge is 0.489 e. The number of nitrogens with one attached hydrogen (secondary N) is 1. The third-order valence-electron chi connectivity index (χ3n) is 4.97. The molecule has 1 aliphatic rings. The van der Waals surface area contributed by atoms with Crippen molar-refractivity contribution in [2.75, 3.05) is 26.8 Å². The molecule has 1 fully saturated rings. The summed E-state index contributed by atoms with van der Waals surface area (Å²) in [4.78, 5) is 0. The Morgan fingerprint density at radius 2 is 1.96 bits per heavy atom. The summed E-state index contributed by atoms with van der Waals surface area (Å²) in [5.74, 6) is 0.929. The van der Waals surface area contributed by atoms with Crippen LogP contribution >= 0.6 is 11.6 Å². The Kier molecular flexibility index (Phi) is 6.22. The SMILES string of the molecule is COCCn1nc(C)c(-c2cc(Cl)cc(C)c2OC2CCNCC2)c1C. The second-order valence-electron chi connectivity index (χ2n) is 6.93. The van der Waals surface area contributed by atoms with E-state index in [4.69, 9.17) is 26.2 Å². The molecule has 2 aromatic rings. The van der Waals surface area contributed by atoms with Crippen LogP contribution in [0.4, 0.5) is 0 Å². The maximum absolute atomic E-state index is 6.47. The van der Waals surface area contributed by atoms with Gasteiger partial charge in [-0.1, -0.05) is 11.6 Å². The van der Waals surface area contributed by atoms with E-state index in [-0.39, 0.29) is 6.10 Å². The minimum atomic E-state index is 0.235. The zero-order chi connectivity index (χ0) is 18.7. The highest BCUT2D eigenvalue weighted by Crippen LogP contribution is 2.40. The molecule has 0 radical (unpaired) electrons. The fraction of sp³-hybridized carbons (Fsp3) is 0.550. The molecule has 1 aliphatic heterocycles. The maximum atomic E-state index is 6.47. The van der Waals surface area contributed by atoms with Crippen LogP contribution in [0.5, 0.6) is 5.75 Å². The highest BCUT2D eigenvalue weighted by atomic mass is 35.5. The summed E-state index contributed by atoms with van der Waals surface area (Å²) >= 11 is 6.40. The van der Waals surface area contributed by atoms with Crippen molar-refractivity contribution in [1.82, 2.24) is 15.1 Å². The third kappa shape index (κ3) is 4.05. The number of hydrogen-bond donors (Lipinski definition) is 1. The molecule has 0 atom stereocenters. The molecule has 0 spiro atoms. The van der Waals surface area contributed by atoms with Crippen molar-refractivity contribution >= 4 is 11.6 Å². The summed E-state index contributed by atoms with van der Waals surface area (Å²) in [5, 5.41) is 8.81. The number of benzene rings is 1. The van der Waals surface area contributed by atoms with Crippen molar-refractivity contribution in [1.29, 1.82) is 0 Å². The van der Waals surface area contributed by atoms with Gasteiger partial charge in [0, 0.05) is 29.0 Å². The lowest BCUT2D eigenvalue weighted by Gasteiger charge is -2.26. The van der Waals surface area contributed by atoms with E-state index in [0.717, 1.165) is 71.3 Å². The van der Waals surface area contributed by atoms with E-state index in [2.05, 4.69) is 19.2 Å². The van der Waals surface area contributed by atoms with E-state index in [9.17, 15) is 0 Å². The summed E-state index contributed by atoms with van der Waals surface area (Å²) in [6.07, 6.45) is 2.28. The van der Waals surface area contributed by atoms with Gasteiger partial charge < -0.3 is 14.8 Å². The molecular formula is C20H28ClN3O2. The molecule has 26 heavy (non-hydrogen) atoms. The predicted octanol–water partition coefficient (Wildman–Crippen LogP) is 3.91. The Bertz CT molecular complexity index is 767. The summed E-state index contributed by atoms with van der Waals surface area (Å²) in [6, 6.07) is 3.98. The minimum absolute atomic E-state index is 0.235. The number of aryl methyl sites for hydroxylation is 2. The Morgan fingerprint density at radius 3 is 2.65 bits per heavy atom. The van der Waals surface area contributed by atoms with Crippen molar-refractivity contribution in [3.63, 3.8) is 0 Å². The van der Waals surface area contributed by atoms with Gasteiger partial charge in [0.05, 0.1) is 18.8 Å². The highest BCUT2D eigenvalue weighted by Gasteiger charge is 2.22. The number of aromatic nitrogens is 2. The van der Waals surface area contributed by atoms with E-state index in [1.165, 1.54) is 0 Å². The van der Waals surface area contributed by atoms with Crippen molar-refractivity contribution in [3.05, 3.63) is 34.1 Å². The number of halogens is 1. The first-order chi connectivity index (χ1) is 12.5. The van der Waals surface area contributed by atoms with Crippen LogP contribution in [-0.4, -0.2) is 42.7 Å². The number of piperidine rings is 1. The number of ether oxygens (including phenoxy) is 2. The van der Waals surface area contributed by atoms with Crippen LogP contribution < -0.4 is 10.1 Å². The second kappa shape index (κ2) is 8.42. The molecule has 0 amide bonds. The molecule has 0 bridgehead atoms. The summed E-state index contributed by atoms with van der Waals surface area (Å²) in [6.45, 7) is 9.55. The van der Waals surface area contributed by atoms with Gasteiger partial charge in [-0.25, -0.2) is 0 Å². The van der Waals surface area contributed by atoms with Crippen molar-refractivity contribution < 1.29 is 9.47 Å². The lowest BCUT2D eigenvalue weighted by atomic mass is 9.99. The maximum Gasteiger partial charge on any atom is 0.130 e. The molecule has 5 nitrogen and oxygen atoms in total. The summed E-state index contributed by atoms with van der Waals surface area (Å²) in [7, 11) is 1.71. The fourth-order valence-corrected chi connectivity index (χ4v) is 3.91. The molecular weight excluding hydrogens is 350 g/mol. The van der Waals surface area contributed by atoms with E-state index < -0.39 is 0 Å². The van der Waals surface area contributed by atoms with Gasteiger partial charge in [0.1, 0.15) is 11.9 Å². The van der Waals surface area contributed by atoms with E-state index in [1.54, 1.807) is 7.11 Å². The van der Waals surface area contributed by atoms with Gasteiger partial charge in [0.25, 0.3) is 0 Å². The normalized spacial score (nSPS) is 15.4. The minimum Gasteiger partial charge on any atom is -0.489 e. The summed E-state index contributed by atoms with van der Waals surface area (Å²) in [5.41, 5.74) is 5.30. The average Bonchev–Trinajstić information content (AvgIpc) is 2.90. The van der Waals surface area contributed by atoms with Gasteiger partial charge in [-0.05, 0) is 64.4 Å². The quantitative estimate of drug-likeness (QED) is 0.829. The zero-order valence-corrected chi connectivity index (χ0v) is 16.8. The van der Waals surface area contributed by atoms with Crippen LogP contribution in [-0.2, 0) is 11.3 Å². The Hall–Kier alpha value is -1.56. The lowest BCUT2D eigenvalue weighted by Crippen LogP contribution is -2.34. The molecule has 0 aliphatic carbocycles. The van der Waals surface area contributed by atoms with E-state index in [0.29, 0.717) is 6.61 Å². The topological polar surface area (TPSA) is 48.3 Å². The predicted molar refractivity (Wildman–Crippen MR) is 105 cm³/mol. The Morgan fingerprint density at radius 1 is 1.23 bits per heavy atom. The van der Waals surface area contributed by atoms with Gasteiger partial charge in [-0.3, -0.25) is 4.68 Å². The zero-order valence-electron chi connectivity index (χ0n) is 16.1. The smallest absolute Gasteiger partial charge is 0.130 e. The molecule has 6 heteroatoms. The van der Waals surface area contributed by atoms with Crippen LogP contribution in [0.1, 0.15) is 29.8 Å². The van der Waals surface area contributed by atoms with Gasteiger partial charge in [0.15, 0.2) is 0 Å². The highest BCUT2D eigenvalue weighted by molar-refractivity contribution is 6.31. The first-order valence-corrected chi connectivity index (χ1v) is 9.60. The molecule has 0 unspecified atom stereocenters. The fourth-order valence-electron chi connectivity index (χ4n) is 3.63. The van der Waals surface area contributed by atoms with Gasteiger partial charge >= 0.3 is 0 Å². The number of methoxy groups -OCH3 is 1. The van der Waals surface area contributed by atoms with Crippen molar-refractivity contribution in [3.8, 4) is 16.9 Å². The molecule has 0 saturated carbocycles. The molecule has 1 N–H and O–H groups in total. The standard InChI is InChI=1S/C20H28ClN3O2/c1-13-11-16(21)12-18(20(13)26-17-5-7-22-8-6-17)19-14(2)23-24(15(19)3)9-10-25-4/h11-12,17,22H,5-10H2,1-4H3. The molecule has 1 saturated heterocycles. The first kappa shape index (κ1) is 19.2. The molecule has 3 rings (SSSR count). The van der Waals surface area contributed by atoms with E-state index >= 15 is 0 Å². The van der Waals surface area contributed by atoms with Gasteiger partial charge in [-0.2, -0.15) is 5.10 Å². The van der Waals surface area contributed by atoms with Gasteiger partial charge in [-0.15, -0.1) is 0 Å². The lowest BCUT2D eigenvalue weighted by molar-refractivity contribution is 0.162. The average molecular weight is 378 g/mol. The van der Waals surface area contributed by atoms with Crippen LogP contribution in [0.3, 0.4) is 0 Å². The molecule has 1 aromatic heterocycles. The van der Waals surface area contributed by atoms with Crippen LogP contribution in [0.2, 0.25) is 5.02 Å². The second-order valence-corrected chi connectivity index (χ2v) is 7.36. The number of rotatable bonds is 6. The van der Waals surface area contributed by atoms with Crippen molar-refractivity contribution in [2.45, 2.75) is 46.3 Å². The van der Waals surface area contributed by atoms with Gasteiger partial charge in [0.2, 0.25) is 0 Å².